The molecule has 3 aliphatic heterocycles. The first-order valence-electron chi connectivity index (χ1n) is 12.5. The zero-order chi connectivity index (χ0) is 24.6. The predicted molar refractivity (Wildman–Crippen MR) is 131 cm³/mol. The summed E-state index contributed by atoms with van der Waals surface area (Å²) in [6.07, 6.45) is 2.83. The summed E-state index contributed by atoms with van der Waals surface area (Å²) in [5, 5.41) is 3.12. The number of ether oxygens (including phenoxy) is 2. The van der Waals surface area contributed by atoms with Crippen LogP contribution in [0.4, 0.5) is 5.69 Å². The monoisotopic (exact) mass is 493 g/mol. The van der Waals surface area contributed by atoms with E-state index in [0.717, 1.165) is 18.4 Å². The van der Waals surface area contributed by atoms with Crippen LogP contribution in [0.1, 0.15) is 58.9 Å². The molecule has 1 amide bonds. The molecule has 8 nitrogen and oxygen atoms in total. The molecule has 2 unspecified atom stereocenters. The summed E-state index contributed by atoms with van der Waals surface area (Å²) in [7, 11) is -3.87. The molecule has 0 radical (unpaired) electrons. The molecular weight excluding hydrogens is 454 g/mol. The SMILES string of the molecule is Cc1ccc(S(=O)(=O)N2CCC[C@H]2C(=O)NC2CC(C)OC(C)C2)c(N2[C@@H](C)COC[C@@H]2C)c1. The van der Waals surface area contributed by atoms with Crippen molar-refractivity contribution in [3.63, 3.8) is 0 Å². The quantitative estimate of drug-likeness (QED) is 0.679. The van der Waals surface area contributed by atoms with Crippen LogP contribution < -0.4 is 10.2 Å². The molecule has 1 N–H and O–H groups in total. The van der Waals surface area contributed by atoms with Crippen LogP contribution in [-0.2, 0) is 24.3 Å². The van der Waals surface area contributed by atoms with Gasteiger partial charge in [-0.05, 0) is 78.0 Å². The van der Waals surface area contributed by atoms with Gasteiger partial charge in [0.25, 0.3) is 0 Å². The van der Waals surface area contributed by atoms with E-state index in [-0.39, 0.29) is 41.1 Å². The highest BCUT2D eigenvalue weighted by Gasteiger charge is 2.42. The molecule has 5 atom stereocenters. The summed E-state index contributed by atoms with van der Waals surface area (Å²) >= 11 is 0. The number of nitrogens with one attached hydrogen (secondary N) is 1. The number of sulfonamides is 1. The topological polar surface area (TPSA) is 88.2 Å². The van der Waals surface area contributed by atoms with Gasteiger partial charge >= 0.3 is 0 Å². The number of carbonyl (C=O) groups is 1. The van der Waals surface area contributed by atoms with Crippen molar-refractivity contribution in [2.75, 3.05) is 24.7 Å². The molecule has 0 saturated carbocycles. The fourth-order valence-corrected chi connectivity index (χ4v) is 7.59. The van der Waals surface area contributed by atoms with Gasteiger partial charge in [-0.2, -0.15) is 4.31 Å². The van der Waals surface area contributed by atoms with E-state index in [9.17, 15) is 13.2 Å². The summed E-state index contributed by atoms with van der Waals surface area (Å²) in [4.78, 5) is 15.7. The fraction of sp³-hybridized carbons (Fsp3) is 0.720. The minimum absolute atomic E-state index is 0.00129. The highest BCUT2D eigenvalue weighted by atomic mass is 32.2. The number of amides is 1. The molecule has 3 saturated heterocycles. The molecule has 1 aromatic rings. The van der Waals surface area contributed by atoms with Gasteiger partial charge in [0.1, 0.15) is 10.9 Å². The van der Waals surface area contributed by atoms with E-state index >= 15 is 0 Å². The van der Waals surface area contributed by atoms with Crippen molar-refractivity contribution in [2.24, 2.45) is 0 Å². The minimum Gasteiger partial charge on any atom is -0.377 e. The molecule has 3 heterocycles. The van der Waals surface area contributed by atoms with E-state index < -0.39 is 16.1 Å². The number of nitrogens with zero attached hydrogens (tertiary/aromatic N) is 2. The average Bonchev–Trinajstić information content (AvgIpc) is 3.24. The Labute approximate surface area is 204 Å². The van der Waals surface area contributed by atoms with Crippen LogP contribution in [-0.4, -0.2) is 74.8 Å². The number of aryl methyl sites for hydroxylation is 1. The smallest absolute Gasteiger partial charge is 0.245 e. The number of morpholine rings is 1. The normalized spacial score (nSPS) is 33.1. The van der Waals surface area contributed by atoms with Gasteiger partial charge in [-0.25, -0.2) is 8.42 Å². The zero-order valence-electron chi connectivity index (χ0n) is 21.0. The summed E-state index contributed by atoms with van der Waals surface area (Å²) in [5.41, 5.74) is 1.69. The van der Waals surface area contributed by atoms with E-state index in [0.29, 0.717) is 38.3 Å². The van der Waals surface area contributed by atoms with E-state index in [4.69, 9.17) is 9.47 Å². The molecule has 1 aromatic carbocycles. The summed E-state index contributed by atoms with van der Waals surface area (Å²) in [6, 6.07) is 4.89. The lowest BCUT2D eigenvalue weighted by Crippen LogP contribution is -2.52. The Morgan fingerprint density at radius 3 is 2.35 bits per heavy atom. The third-order valence-corrected chi connectivity index (χ3v) is 9.15. The van der Waals surface area contributed by atoms with Gasteiger partial charge in [0, 0.05) is 24.7 Å². The van der Waals surface area contributed by atoms with Crippen molar-refractivity contribution < 1.29 is 22.7 Å². The molecule has 0 aliphatic carbocycles. The molecule has 9 heteroatoms. The van der Waals surface area contributed by atoms with E-state index in [1.165, 1.54) is 4.31 Å². The Morgan fingerprint density at radius 2 is 1.71 bits per heavy atom. The molecule has 4 rings (SSSR count). The van der Waals surface area contributed by atoms with Gasteiger partial charge in [-0.15, -0.1) is 0 Å². The average molecular weight is 494 g/mol. The molecule has 3 aliphatic rings. The lowest BCUT2D eigenvalue weighted by atomic mass is 9.99. The van der Waals surface area contributed by atoms with E-state index in [2.05, 4.69) is 24.1 Å². The Bertz CT molecular complexity index is 980. The van der Waals surface area contributed by atoms with Crippen LogP contribution in [0.3, 0.4) is 0 Å². The Morgan fingerprint density at radius 1 is 1.06 bits per heavy atom. The first-order valence-corrected chi connectivity index (χ1v) is 14.0. The minimum atomic E-state index is -3.87. The maximum Gasteiger partial charge on any atom is 0.245 e. The maximum absolute atomic E-state index is 14.0. The molecule has 3 fully saturated rings. The molecule has 0 aromatic heterocycles. The van der Waals surface area contributed by atoms with E-state index in [1.54, 1.807) is 6.07 Å². The number of hydrogen-bond acceptors (Lipinski definition) is 6. The molecule has 0 spiro atoms. The lowest BCUT2D eigenvalue weighted by Gasteiger charge is -2.42. The molecule has 0 bridgehead atoms. The number of rotatable bonds is 5. The highest BCUT2D eigenvalue weighted by molar-refractivity contribution is 7.89. The van der Waals surface area contributed by atoms with Crippen molar-refractivity contribution in [2.45, 2.75) is 102 Å². The van der Waals surface area contributed by atoms with E-state index in [1.807, 2.05) is 32.9 Å². The first-order chi connectivity index (χ1) is 16.1. The molecule has 34 heavy (non-hydrogen) atoms. The van der Waals surface area contributed by atoms with Gasteiger partial charge < -0.3 is 19.7 Å². The zero-order valence-corrected chi connectivity index (χ0v) is 21.8. The van der Waals surface area contributed by atoms with Gasteiger partial charge in [0.05, 0.1) is 31.1 Å². The van der Waals surface area contributed by atoms with Gasteiger partial charge in [0.2, 0.25) is 15.9 Å². The van der Waals surface area contributed by atoms with Gasteiger partial charge in [-0.1, -0.05) is 6.07 Å². The Kier molecular flexibility index (Phi) is 7.57. The first kappa shape index (κ1) is 25.4. The maximum atomic E-state index is 14.0. The Hall–Kier alpha value is -1.68. The number of benzene rings is 1. The number of carbonyl (C=O) groups excluding carboxylic acids is 1. The van der Waals surface area contributed by atoms with Crippen molar-refractivity contribution >= 4 is 21.6 Å². The summed E-state index contributed by atoms with van der Waals surface area (Å²) in [6.45, 7) is 11.5. The third kappa shape index (κ3) is 5.12. The van der Waals surface area contributed by atoms with Crippen molar-refractivity contribution in [1.29, 1.82) is 0 Å². The van der Waals surface area contributed by atoms with Crippen molar-refractivity contribution in [1.82, 2.24) is 9.62 Å². The molecular formula is C25H39N3O5S. The van der Waals surface area contributed by atoms with Crippen LogP contribution in [0, 0.1) is 6.92 Å². The molecule has 190 valence electrons. The summed E-state index contributed by atoms with van der Waals surface area (Å²) < 4.78 is 40.9. The summed E-state index contributed by atoms with van der Waals surface area (Å²) in [5.74, 6) is -0.200. The standard InChI is InChI=1S/C25H39N3O5S/c1-16-8-9-24(23(11-16)28-17(2)14-32-15-18(28)3)34(30,31)27-10-6-7-22(27)25(29)26-21-12-19(4)33-20(5)13-21/h8-9,11,17-22H,6-7,10,12-15H2,1-5H3,(H,26,29)/t17-,18-,19?,20?,21?,22-/m0/s1. The van der Waals surface area contributed by atoms with Crippen LogP contribution in [0.15, 0.2) is 23.1 Å². The van der Waals surface area contributed by atoms with Crippen molar-refractivity contribution in [3.05, 3.63) is 23.8 Å². The second-order valence-electron chi connectivity index (χ2n) is 10.3. The van der Waals surface area contributed by atoms with Crippen LogP contribution >= 0.6 is 0 Å². The second-order valence-corrected chi connectivity index (χ2v) is 12.2. The van der Waals surface area contributed by atoms with Gasteiger partial charge in [-0.3, -0.25) is 4.79 Å². The third-order valence-electron chi connectivity index (χ3n) is 7.20. The second kappa shape index (κ2) is 10.1. The van der Waals surface area contributed by atoms with Gasteiger partial charge in [0.15, 0.2) is 0 Å². The van der Waals surface area contributed by atoms with Crippen LogP contribution in [0.25, 0.3) is 0 Å². The fourth-order valence-electron chi connectivity index (χ4n) is 5.76. The lowest BCUT2D eigenvalue weighted by molar-refractivity contribution is -0.126. The Balaban J connectivity index is 1.61. The number of hydrogen-bond donors (Lipinski definition) is 1. The van der Waals surface area contributed by atoms with Crippen molar-refractivity contribution in [3.8, 4) is 0 Å². The van der Waals surface area contributed by atoms with Crippen LogP contribution in [0.2, 0.25) is 0 Å². The van der Waals surface area contributed by atoms with Crippen LogP contribution in [0.5, 0.6) is 0 Å². The highest BCUT2D eigenvalue weighted by Crippen LogP contribution is 2.36. The predicted octanol–water partition coefficient (Wildman–Crippen LogP) is 2.83. The number of anilines is 1. The largest absolute Gasteiger partial charge is 0.377 e.